The lowest BCUT2D eigenvalue weighted by Gasteiger charge is -2.29. The third kappa shape index (κ3) is 4.95. The first-order valence-electron chi connectivity index (χ1n) is 8.85. The van der Waals surface area contributed by atoms with Gasteiger partial charge in [-0.05, 0) is 35.0 Å². The first-order chi connectivity index (χ1) is 13.9. The van der Waals surface area contributed by atoms with Crippen LogP contribution in [0.2, 0.25) is 5.02 Å². The molecule has 1 aromatic carbocycles. The van der Waals surface area contributed by atoms with Gasteiger partial charge in [-0.25, -0.2) is 0 Å². The Morgan fingerprint density at radius 3 is 2.62 bits per heavy atom. The number of carbonyl (C=O) groups is 3. The molecule has 2 heterocycles. The minimum absolute atomic E-state index is 0.0149. The number of benzene rings is 1. The van der Waals surface area contributed by atoms with Crippen LogP contribution in [0.25, 0.3) is 0 Å². The summed E-state index contributed by atoms with van der Waals surface area (Å²) >= 11 is 9.29. The van der Waals surface area contributed by atoms with Gasteiger partial charge in [-0.3, -0.25) is 19.5 Å². The number of carbonyl (C=O) groups excluding carboxylic acids is 3. The fraction of sp³-hybridized carbons (Fsp3) is 0.333. The highest BCUT2D eigenvalue weighted by atomic mass is 79.9. The summed E-state index contributed by atoms with van der Waals surface area (Å²) in [4.78, 5) is 39.0. The van der Waals surface area contributed by atoms with Crippen molar-refractivity contribution in [3.63, 3.8) is 0 Å². The van der Waals surface area contributed by atoms with Crippen LogP contribution < -0.4 is 10.6 Å². The van der Waals surface area contributed by atoms with Gasteiger partial charge in [-0.1, -0.05) is 23.7 Å². The molecule has 154 valence electrons. The minimum atomic E-state index is -0.731. The predicted octanol–water partition coefficient (Wildman–Crippen LogP) is 2.05. The van der Waals surface area contributed by atoms with E-state index in [2.05, 4.69) is 36.8 Å². The van der Waals surface area contributed by atoms with Crippen LogP contribution in [-0.2, 0) is 9.53 Å². The predicted molar refractivity (Wildman–Crippen MR) is 110 cm³/mol. The summed E-state index contributed by atoms with van der Waals surface area (Å²) in [5.74, 6) is -1.00. The Hall–Kier alpha value is -2.43. The van der Waals surface area contributed by atoms with E-state index in [1.165, 1.54) is 0 Å². The summed E-state index contributed by atoms with van der Waals surface area (Å²) in [6.07, 6.45) is 0. The molecular formula is C18H19BrClN5O4. The molecule has 1 aliphatic rings. The Morgan fingerprint density at radius 2 is 1.93 bits per heavy atom. The second-order valence-electron chi connectivity index (χ2n) is 6.33. The average molecular weight is 485 g/mol. The van der Waals surface area contributed by atoms with Gasteiger partial charge >= 0.3 is 0 Å². The molecular weight excluding hydrogens is 466 g/mol. The highest BCUT2D eigenvalue weighted by Gasteiger charge is 2.26. The zero-order valence-electron chi connectivity index (χ0n) is 15.5. The maximum atomic E-state index is 12.5. The molecule has 9 nitrogen and oxygen atoms in total. The van der Waals surface area contributed by atoms with E-state index in [1.54, 1.807) is 36.1 Å². The third-order valence-corrected chi connectivity index (χ3v) is 5.42. The van der Waals surface area contributed by atoms with Gasteiger partial charge in [-0.15, -0.1) is 0 Å². The van der Waals surface area contributed by atoms with Crippen LogP contribution in [0.5, 0.6) is 0 Å². The van der Waals surface area contributed by atoms with Crippen LogP contribution in [0.15, 0.2) is 28.7 Å². The van der Waals surface area contributed by atoms with Crippen LogP contribution in [0.4, 0.5) is 5.82 Å². The topological polar surface area (TPSA) is 116 Å². The van der Waals surface area contributed by atoms with Crippen molar-refractivity contribution in [3.05, 3.63) is 45.0 Å². The highest BCUT2D eigenvalue weighted by molar-refractivity contribution is 9.10. The summed E-state index contributed by atoms with van der Waals surface area (Å²) < 4.78 is 5.49. The Labute approximate surface area is 180 Å². The summed E-state index contributed by atoms with van der Waals surface area (Å²) in [7, 11) is 0. The van der Waals surface area contributed by atoms with Gasteiger partial charge in [-0.2, -0.15) is 5.10 Å². The molecule has 11 heteroatoms. The second kappa shape index (κ2) is 9.38. The van der Waals surface area contributed by atoms with E-state index in [0.717, 1.165) is 0 Å². The van der Waals surface area contributed by atoms with E-state index in [9.17, 15) is 14.4 Å². The number of nitrogens with zero attached hydrogens (tertiary/aromatic N) is 2. The van der Waals surface area contributed by atoms with Crippen LogP contribution in [0.1, 0.15) is 27.8 Å². The third-order valence-electron chi connectivity index (χ3n) is 4.32. The number of aromatic amines is 1. The van der Waals surface area contributed by atoms with Crippen molar-refractivity contribution in [1.29, 1.82) is 0 Å². The Bertz CT molecular complexity index is 929. The van der Waals surface area contributed by atoms with E-state index in [1.807, 2.05) is 0 Å². The van der Waals surface area contributed by atoms with Crippen LogP contribution in [0.3, 0.4) is 0 Å². The molecule has 0 unspecified atom stereocenters. The fourth-order valence-corrected chi connectivity index (χ4v) is 3.45. The van der Waals surface area contributed by atoms with Crippen LogP contribution in [0, 0.1) is 0 Å². The van der Waals surface area contributed by atoms with Gasteiger partial charge < -0.3 is 20.3 Å². The monoisotopic (exact) mass is 483 g/mol. The molecule has 29 heavy (non-hydrogen) atoms. The number of nitrogens with one attached hydrogen (secondary N) is 3. The van der Waals surface area contributed by atoms with Gasteiger partial charge in [0.2, 0.25) is 5.91 Å². The first-order valence-corrected chi connectivity index (χ1v) is 10.0. The Morgan fingerprint density at radius 1 is 1.24 bits per heavy atom. The molecule has 2 aromatic rings. The molecule has 1 atom stereocenters. The SMILES string of the molecule is C[C@@H](NC(=O)c1n[nH]c(NC(=O)c2ccccc2Cl)c1Br)C(=O)N1CCOCC1. The molecule has 0 spiro atoms. The molecule has 0 saturated carbocycles. The van der Waals surface area contributed by atoms with Crippen LogP contribution in [-0.4, -0.2) is 65.2 Å². The number of halogens is 2. The number of aromatic nitrogens is 2. The second-order valence-corrected chi connectivity index (χ2v) is 7.53. The number of H-pyrrole nitrogens is 1. The molecule has 0 radical (unpaired) electrons. The zero-order valence-corrected chi connectivity index (χ0v) is 17.8. The van der Waals surface area contributed by atoms with E-state index in [0.29, 0.717) is 31.3 Å². The lowest BCUT2D eigenvalue weighted by Crippen LogP contribution is -2.50. The van der Waals surface area contributed by atoms with Gasteiger partial charge in [0.05, 0.1) is 28.3 Å². The molecule has 0 aliphatic carbocycles. The van der Waals surface area contributed by atoms with Crippen molar-refractivity contribution in [1.82, 2.24) is 20.4 Å². The number of amides is 3. The first kappa shape index (κ1) is 21.3. The Balaban J connectivity index is 1.65. The van der Waals surface area contributed by atoms with Gasteiger partial charge in [0.25, 0.3) is 11.8 Å². The van der Waals surface area contributed by atoms with E-state index >= 15 is 0 Å². The molecule has 1 saturated heterocycles. The van der Waals surface area contributed by atoms with Crippen molar-refractivity contribution in [2.75, 3.05) is 31.6 Å². The number of rotatable bonds is 5. The molecule has 3 rings (SSSR count). The molecule has 0 bridgehead atoms. The quantitative estimate of drug-likeness (QED) is 0.601. The van der Waals surface area contributed by atoms with Crippen LogP contribution >= 0.6 is 27.5 Å². The standard InChI is InChI=1S/C18H19BrClN5O4/c1-10(18(28)25-6-8-29-9-7-25)21-17(27)14-13(19)15(24-23-14)22-16(26)11-4-2-3-5-12(11)20/h2-5,10H,6-9H2,1H3,(H,21,27)(H2,22,23,24,26)/t10-/m1/s1. The maximum Gasteiger partial charge on any atom is 0.273 e. The van der Waals surface area contributed by atoms with Crippen molar-refractivity contribution in [2.24, 2.45) is 0 Å². The number of hydrogen-bond donors (Lipinski definition) is 3. The van der Waals surface area contributed by atoms with Crippen molar-refractivity contribution in [3.8, 4) is 0 Å². The van der Waals surface area contributed by atoms with Crippen molar-refractivity contribution < 1.29 is 19.1 Å². The fourth-order valence-electron chi connectivity index (χ4n) is 2.77. The maximum absolute atomic E-state index is 12.5. The highest BCUT2D eigenvalue weighted by Crippen LogP contribution is 2.25. The lowest BCUT2D eigenvalue weighted by molar-refractivity contribution is -0.136. The molecule has 3 amide bonds. The smallest absolute Gasteiger partial charge is 0.273 e. The van der Waals surface area contributed by atoms with Crippen molar-refractivity contribution in [2.45, 2.75) is 13.0 Å². The number of anilines is 1. The van der Waals surface area contributed by atoms with E-state index in [-0.39, 0.29) is 27.5 Å². The normalized spacial score (nSPS) is 14.9. The van der Waals surface area contributed by atoms with Gasteiger partial charge in [0, 0.05) is 13.1 Å². The summed E-state index contributed by atoms with van der Waals surface area (Å²) in [5, 5.41) is 12.1. The van der Waals surface area contributed by atoms with Gasteiger partial charge in [0.1, 0.15) is 11.9 Å². The lowest BCUT2D eigenvalue weighted by atomic mass is 10.2. The average Bonchev–Trinajstić information content (AvgIpc) is 3.08. The molecule has 3 N–H and O–H groups in total. The number of ether oxygens (including phenoxy) is 1. The van der Waals surface area contributed by atoms with E-state index in [4.69, 9.17) is 16.3 Å². The summed E-state index contributed by atoms with van der Waals surface area (Å²) in [6.45, 7) is 3.54. The molecule has 1 fully saturated rings. The summed E-state index contributed by atoms with van der Waals surface area (Å²) in [6, 6.07) is 5.85. The number of hydrogen-bond acceptors (Lipinski definition) is 5. The van der Waals surface area contributed by atoms with Gasteiger partial charge in [0.15, 0.2) is 5.69 Å². The Kier molecular flexibility index (Phi) is 6.88. The largest absolute Gasteiger partial charge is 0.378 e. The van der Waals surface area contributed by atoms with Crippen molar-refractivity contribution >= 4 is 51.1 Å². The van der Waals surface area contributed by atoms with E-state index < -0.39 is 17.9 Å². The number of morpholine rings is 1. The molecule has 1 aromatic heterocycles. The molecule has 1 aliphatic heterocycles. The summed E-state index contributed by atoms with van der Waals surface area (Å²) in [5.41, 5.74) is 0.299. The minimum Gasteiger partial charge on any atom is -0.378 e. The zero-order chi connectivity index (χ0) is 21.0.